The van der Waals surface area contributed by atoms with E-state index in [-0.39, 0.29) is 0 Å². The fourth-order valence-corrected chi connectivity index (χ4v) is 1.89. The van der Waals surface area contributed by atoms with E-state index < -0.39 is 6.10 Å². The smallest absolute Gasteiger partial charge is 0.171 e. The molecular formula is C10H11N3OS. The Labute approximate surface area is 91.8 Å². The summed E-state index contributed by atoms with van der Waals surface area (Å²) in [5.41, 5.74) is 0.860. The van der Waals surface area contributed by atoms with Crippen molar-refractivity contribution in [1.29, 1.82) is 0 Å². The summed E-state index contributed by atoms with van der Waals surface area (Å²) >= 11 is 1.44. The largest absolute Gasteiger partial charge is 0.389 e. The van der Waals surface area contributed by atoms with Gasteiger partial charge < -0.3 is 10.1 Å². The van der Waals surface area contributed by atoms with Gasteiger partial charge in [0, 0.05) is 18.6 Å². The number of pyridine rings is 1. The van der Waals surface area contributed by atoms with Crippen molar-refractivity contribution in [3.05, 3.63) is 36.3 Å². The van der Waals surface area contributed by atoms with Crippen molar-refractivity contribution in [1.82, 2.24) is 15.0 Å². The molecule has 4 nitrogen and oxygen atoms in total. The molecule has 1 atom stereocenters. The first-order valence-electron chi connectivity index (χ1n) is 4.57. The van der Waals surface area contributed by atoms with Gasteiger partial charge in [-0.2, -0.15) is 0 Å². The fraction of sp³-hybridized carbons (Fsp3) is 0.200. The van der Waals surface area contributed by atoms with Crippen LogP contribution in [-0.4, -0.2) is 20.1 Å². The van der Waals surface area contributed by atoms with Crippen molar-refractivity contribution in [3.8, 4) is 0 Å². The molecule has 2 aromatic rings. The summed E-state index contributed by atoms with van der Waals surface area (Å²) in [4.78, 5) is 11.3. The van der Waals surface area contributed by atoms with E-state index in [9.17, 15) is 5.11 Å². The highest BCUT2D eigenvalue weighted by molar-refractivity contribution is 7.99. The zero-order chi connectivity index (χ0) is 10.7. The minimum Gasteiger partial charge on any atom is -0.389 e. The van der Waals surface area contributed by atoms with E-state index in [0.717, 1.165) is 15.7 Å². The Morgan fingerprint density at radius 1 is 1.40 bits per heavy atom. The summed E-state index contributed by atoms with van der Waals surface area (Å²) in [5, 5.41) is 11.0. The van der Waals surface area contributed by atoms with E-state index in [0.29, 0.717) is 0 Å². The van der Waals surface area contributed by atoms with Gasteiger partial charge in [0.25, 0.3) is 0 Å². The summed E-state index contributed by atoms with van der Waals surface area (Å²) in [6, 6.07) is 3.66. The predicted molar refractivity (Wildman–Crippen MR) is 57.6 cm³/mol. The summed E-state index contributed by atoms with van der Waals surface area (Å²) in [7, 11) is 0. The molecule has 0 aromatic carbocycles. The van der Waals surface area contributed by atoms with Gasteiger partial charge in [-0.05, 0) is 36.4 Å². The Morgan fingerprint density at radius 2 is 2.27 bits per heavy atom. The first-order valence-corrected chi connectivity index (χ1v) is 5.38. The summed E-state index contributed by atoms with van der Waals surface area (Å²) < 4.78 is 0. The third kappa shape index (κ3) is 2.57. The molecule has 2 N–H and O–H groups in total. The van der Waals surface area contributed by atoms with Gasteiger partial charge in [0.05, 0.1) is 6.10 Å². The number of aromatic amines is 1. The van der Waals surface area contributed by atoms with Crippen molar-refractivity contribution in [2.45, 2.75) is 23.2 Å². The van der Waals surface area contributed by atoms with E-state index >= 15 is 0 Å². The number of H-pyrrole nitrogens is 1. The lowest BCUT2D eigenvalue weighted by atomic mass is 10.2. The number of aromatic nitrogens is 3. The molecular weight excluding hydrogens is 210 g/mol. The van der Waals surface area contributed by atoms with Crippen LogP contribution in [-0.2, 0) is 0 Å². The number of aliphatic hydroxyl groups excluding tert-OH is 1. The Balaban J connectivity index is 2.18. The molecule has 2 rings (SSSR count). The van der Waals surface area contributed by atoms with Crippen LogP contribution in [0.5, 0.6) is 0 Å². The lowest BCUT2D eigenvalue weighted by Crippen LogP contribution is -1.92. The Morgan fingerprint density at radius 3 is 2.93 bits per heavy atom. The van der Waals surface area contributed by atoms with Gasteiger partial charge in [0.1, 0.15) is 5.03 Å². The van der Waals surface area contributed by atoms with E-state index in [1.807, 2.05) is 6.07 Å². The number of aliphatic hydroxyl groups is 1. The van der Waals surface area contributed by atoms with Gasteiger partial charge in [0.2, 0.25) is 0 Å². The zero-order valence-corrected chi connectivity index (χ0v) is 9.03. The van der Waals surface area contributed by atoms with Crippen LogP contribution in [0.4, 0.5) is 0 Å². The van der Waals surface area contributed by atoms with Gasteiger partial charge >= 0.3 is 0 Å². The second-order valence-corrected chi connectivity index (χ2v) is 4.11. The molecule has 0 bridgehead atoms. The standard InChI is InChI=1S/C10H11N3OS/c1-7(14)8-2-3-11-9(6-8)15-10-12-4-5-13-10/h2-7,14H,1H3,(H,12,13)/t7-/m1/s1. The van der Waals surface area contributed by atoms with Crippen molar-refractivity contribution in [2.24, 2.45) is 0 Å². The summed E-state index contributed by atoms with van der Waals surface area (Å²) in [6.07, 6.45) is 4.68. The summed E-state index contributed by atoms with van der Waals surface area (Å²) in [5.74, 6) is 0. The average molecular weight is 221 g/mol. The molecule has 2 heterocycles. The van der Waals surface area contributed by atoms with Crippen LogP contribution in [0, 0.1) is 0 Å². The zero-order valence-electron chi connectivity index (χ0n) is 8.21. The number of rotatable bonds is 3. The topological polar surface area (TPSA) is 61.8 Å². The first kappa shape index (κ1) is 10.2. The number of hydrogen-bond acceptors (Lipinski definition) is 4. The third-order valence-electron chi connectivity index (χ3n) is 1.92. The second kappa shape index (κ2) is 4.46. The van der Waals surface area contributed by atoms with Crippen LogP contribution in [0.3, 0.4) is 0 Å². The van der Waals surface area contributed by atoms with E-state index in [4.69, 9.17) is 0 Å². The molecule has 15 heavy (non-hydrogen) atoms. The van der Waals surface area contributed by atoms with Crippen LogP contribution < -0.4 is 0 Å². The molecule has 0 radical (unpaired) electrons. The van der Waals surface area contributed by atoms with Crippen LogP contribution in [0.2, 0.25) is 0 Å². The maximum absolute atomic E-state index is 9.41. The van der Waals surface area contributed by atoms with Gasteiger partial charge in [-0.15, -0.1) is 0 Å². The normalized spacial score (nSPS) is 12.7. The Kier molecular flexibility index (Phi) is 3.03. The molecule has 0 aliphatic heterocycles. The highest BCUT2D eigenvalue weighted by Crippen LogP contribution is 2.24. The van der Waals surface area contributed by atoms with Crippen LogP contribution >= 0.6 is 11.8 Å². The molecule has 0 saturated heterocycles. The predicted octanol–water partition coefficient (Wildman–Crippen LogP) is 2.01. The SMILES string of the molecule is C[C@@H](O)c1ccnc(Sc2ncc[nH]2)c1. The van der Waals surface area contributed by atoms with Crippen LogP contribution in [0.25, 0.3) is 0 Å². The first-order chi connectivity index (χ1) is 7.25. The van der Waals surface area contributed by atoms with Gasteiger partial charge in [-0.3, -0.25) is 0 Å². The quantitative estimate of drug-likeness (QED) is 0.832. The maximum atomic E-state index is 9.41. The monoisotopic (exact) mass is 221 g/mol. The molecule has 2 aromatic heterocycles. The van der Waals surface area contributed by atoms with E-state index in [2.05, 4.69) is 15.0 Å². The van der Waals surface area contributed by atoms with Gasteiger partial charge in [0.15, 0.2) is 5.16 Å². The molecule has 0 fully saturated rings. The third-order valence-corrected chi connectivity index (χ3v) is 2.76. The number of hydrogen-bond donors (Lipinski definition) is 2. The Bertz CT molecular complexity index is 428. The molecule has 0 amide bonds. The second-order valence-electron chi connectivity index (χ2n) is 3.10. The van der Waals surface area contributed by atoms with Crippen LogP contribution in [0.15, 0.2) is 40.9 Å². The van der Waals surface area contributed by atoms with Crippen molar-refractivity contribution in [2.75, 3.05) is 0 Å². The Hall–Kier alpha value is -1.33. The minimum atomic E-state index is -0.469. The fourth-order valence-electron chi connectivity index (χ4n) is 1.15. The maximum Gasteiger partial charge on any atom is 0.171 e. The van der Waals surface area contributed by atoms with Crippen LogP contribution in [0.1, 0.15) is 18.6 Å². The highest BCUT2D eigenvalue weighted by atomic mass is 32.2. The van der Waals surface area contributed by atoms with Crippen molar-refractivity contribution >= 4 is 11.8 Å². The molecule has 0 spiro atoms. The molecule has 0 aliphatic rings. The van der Waals surface area contributed by atoms with Crippen molar-refractivity contribution < 1.29 is 5.11 Å². The molecule has 0 aliphatic carbocycles. The number of nitrogens with zero attached hydrogens (tertiary/aromatic N) is 2. The van der Waals surface area contributed by atoms with E-state index in [1.54, 1.807) is 31.6 Å². The highest BCUT2D eigenvalue weighted by Gasteiger charge is 2.04. The molecule has 0 unspecified atom stereocenters. The van der Waals surface area contributed by atoms with Gasteiger partial charge in [-0.1, -0.05) is 0 Å². The average Bonchev–Trinajstić information content (AvgIpc) is 2.71. The minimum absolute atomic E-state index is 0.469. The van der Waals surface area contributed by atoms with Crippen molar-refractivity contribution in [3.63, 3.8) is 0 Å². The molecule has 5 heteroatoms. The van der Waals surface area contributed by atoms with Gasteiger partial charge in [-0.25, -0.2) is 9.97 Å². The lowest BCUT2D eigenvalue weighted by molar-refractivity contribution is 0.199. The van der Waals surface area contributed by atoms with E-state index in [1.165, 1.54) is 11.8 Å². The lowest BCUT2D eigenvalue weighted by Gasteiger charge is -2.05. The number of imidazole rings is 1. The molecule has 78 valence electrons. The summed E-state index contributed by atoms with van der Waals surface area (Å²) in [6.45, 7) is 1.73. The number of nitrogens with one attached hydrogen (secondary N) is 1. The molecule has 0 saturated carbocycles.